The molecule has 0 aromatic carbocycles. The second-order valence-corrected chi connectivity index (χ2v) is 4.26. The van der Waals surface area contributed by atoms with Gasteiger partial charge >= 0.3 is 5.97 Å². The normalized spacial score (nSPS) is 15.6. The third kappa shape index (κ3) is 1.85. The molecule has 0 amide bonds. The summed E-state index contributed by atoms with van der Waals surface area (Å²) < 4.78 is 4.92. The second kappa shape index (κ2) is 4.29. The lowest BCUT2D eigenvalue weighted by Gasteiger charge is -2.26. The molecule has 1 aromatic rings. The lowest BCUT2D eigenvalue weighted by atomic mass is 9.79. The van der Waals surface area contributed by atoms with Gasteiger partial charge < -0.3 is 9.84 Å². The molecule has 0 spiro atoms. The van der Waals surface area contributed by atoms with E-state index in [9.17, 15) is 4.79 Å². The predicted molar refractivity (Wildman–Crippen MR) is 59.4 cm³/mol. The molecule has 0 aliphatic heterocycles. The van der Waals surface area contributed by atoms with E-state index in [0.29, 0.717) is 5.02 Å². The average Bonchev–Trinajstić information content (AvgIpc) is 2.14. The van der Waals surface area contributed by atoms with Gasteiger partial charge in [-0.1, -0.05) is 18.0 Å². The zero-order chi connectivity index (χ0) is 11.7. The summed E-state index contributed by atoms with van der Waals surface area (Å²) in [6.07, 6.45) is 3.14. The minimum atomic E-state index is -1.03. The highest BCUT2D eigenvalue weighted by molar-refractivity contribution is 6.32. The van der Waals surface area contributed by atoms with Crippen molar-refractivity contribution in [2.75, 3.05) is 7.11 Å². The third-order valence-electron chi connectivity index (χ3n) is 2.91. The predicted octanol–water partition coefficient (Wildman–Crippen LogP) is 2.71. The average molecular weight is 242 g/mol. The maximum absolute atomic E-state index is 11.1. The lowest BCUT2D eigenvalue weighted by molar-refractivity contribution is 0.0686. The molecule has 1 aromatic heterocycles. The lowest BCUT2D eigenvalue weighted by Crippen LogP contribution is -2.15. The number of hydrogen-bond donors (Lipinski definition) is 1. The van der Waals surface area contributed by atoms with Crippen molar-refractivity contribution < 1.29 is 14.6 Å². The fraction of sp³-hybridized carbons (Fsp3) is 0.455. The first kappa shape index (κ1) is 11.2. The van der Waals surface area contributed by atoms with Gasteiger partial charge in [0.25, 0.3) is 0 Å². The maximum atomic E-state index is 11.1. The van der Waals surface area contributed by atoms with Gasteiger partial charge in [0.1, 0.15) is 5.02 Å². The Bertz CT molecular complexity index is 429. The smallest absolute Gasteiger partial charge is 0.354 e. The monoisotopic (exact) mass is 241 g/mol. The standard InChI is InChI=1S/C11H12ClNO3/c1-16-10-8(12)5-7(6-3-2-4-6)9(13-10)11(14)15/h5-6H,2-4H2,1H3,(H,14,15). The van der Waals surface area contributed by atoms with Crippen molar-refractivity contribution in [1.82, 2.24) is 4.98 Å². The van der Waals surface area contributed by atoms with Gasteiger partial charge in [-0.05, 0) is 30.4 Å². The van der Waals surface area contributed by atoms with Crippen molar-refractivity contribution in [1.29, 1.82) is 0 Å². The molecule has 1 N–H and O–H groups in total. The van der Waals surface area contributed by atoms with Crippen LogP contribution in [-0.4, -0.2) is 23.2 Å². The van der Waals surface area contributed by atoms with Gasteiger partial charge in [0, 0.05) is 0 Å². The number of halogens is 1. The first-order chi connectivity index (χ1) is 7.63. The van der Waals surface area contributed by atoms with Crippen LogP contribution in [0.2, 0.25) is 5.02 Å². The van der Waals surface area contributed by atoms with E-state index in [-0.39, 0.29) is 17.5 Å². The van der Waals surface area contributed by atoms with Crippen molar-refractivity contribution >= 4 is 17.6 Å². The molecule has 1 aliphatic rings. The molecular weight excluding hydrogens is 230 g/mol. The number of aromatic carboxylic acids is 1. The number of aromatic nitrogens is 1. The number of hydrogen-bond acceptors (Lipinski definition) is 3. The molecule has 0 unspecified atom stereocenters. The molecule has 0 atom stereocenters. The van der Waals surface area contributed by atoms with Gasteiger partial charge in [-0.3, -0.25) is 0 Å². The Morgan fingerprint density at radius 2 is 2.31 bits per heavy atom. The number of rotatable bonds is 3. The molecule has 5 heteroatoms. The van der Waals surface area contributed by atoms with Gasteiger partial charge in [0.05, 0.1) is 7.11 Å². The van der Waals surface area contributed by atoms with E-state index in [1.807, 2.05) is 0 Å². The van der Waals surface area contributed by atoms with Crippen molar-refractivity contribution in [2.24, 2.45) is 0 Å². The van der Waals surface area contributed by atoms with Crippen molar-refractivity contribution in [3.63, 3.8) is 0 Å². The summed E-state index contributed by atoms with van der Waals surface area (Å²) in [4.78, 5) is 15.0. The topological polar surface area (TPSA) is 59.4 Å². The summed E-state index contributed by atoms with van der Waals surface area (Å²) in [5, 5.41) is 9.45. The Balaban J connectivity index is 2.48. The van der Waals surface area contributed by atoms with Crippen LogP contribution in [0.1, 0.15) is 41.2 Å². The Hall–Kier alpha value is -1.29. The fourth-order valence-corrected chi connectivity index (χ4v) is 2.07. The third-order valence-corrected chi connectivity index (χ3v) is 3.19. The van der Waals surface area contributed by atoms with Crippen LogP contribution >= 0.6 is 11.6 Å². The molecule has 0 radical (unpaired) electrons. The summed E-state index contributed by atoms with van der Waals surface area (Å²) in [7, 11) is 1.42. The van der Waals surface area contributed by atoms with Crippen molar-refractivity contribution in [3.05, 3.63) is 22.3 Å². The first-order valence-electron chi connectivity index (χ1n) is 5.11. The van der Waals surface area contributed by atoms with Gasteiger partial charge in [0.2, 0.25) is 5.88 Å². The number of carboxylic acid groups (broad SMARTS) is 1. The molecule has 0 bridgehead atoms. The molecular formula is C11H12ClNO3. The molecule has 16 heavy (non-hydrogen) atoms. The molecule has 0 saturated heterocycles. The van der Waals surface area contributed by atoms with Crippen LogP contribution in [0.3, 0.4) is 0 Å². The van der Waals surface area contributed by atoms with E-state index in [4.69, 9.17) is 21.4 Å². The Labute approximate surface area is 98.2 Å². The number of ether oxygens (including phenoxy) is 1. The SMILES string of the molecule is COc1nc(C(=O)O)c(C2CCC2)cc1Cl. The van der Waals surface area contributed by atoms with Crippen LogP contribution in [0, 0.1) is 0 Å². The number of methoxy groups -OCH3 is 1. The molecule has 1 fully saturated rings. The van der Waals surface area contributed by atoms with E-state index in [0.717, 1.165) is 24.8 Å². The summed E-state index contributed by atoms with van der Waals surface area (Å²) >= 11 is 5.95. The van der Waals surface area contributed by atoms with Crippen LogP contribution in [0.25, 0.3) is 0 Å². The highest BCUT2D eigenvalue weighted by Gasteiger charge is 2.27. The molecule has 86 valence electrons. The maximum Gasteiger partial charge on any atom is 0.354 e. The highest BCUT2D eigenvalue weighted by atomic mass is 35.5. The number of carboxylic acids is 1. The van der Waals surface area contributed by atoms with E-state index in [1.54, 1.807) is 6.07 Å². The largest absolute Gasteiger partial charge is 0.480 e. The minimum absolute atomic E-state index is 0.0611. The molecule has 4 nitrogen and oxygen atoms in total. The van der Waals surface area contributed by atoms with Crippen LogP contribution in [0.15, 0.2) is 6.07 Å². The van der Waals surface area contributed by atoms with Gasteiger partial charge in [-0.2, -0.15) is 0 Å². The Morgan fingerprint density at radius 1 is 1.62 bits per heavy atom. The first-order valence-corrected chi connectivity index (χ1v) is 5.49. The summed E-state index contributed by atoms with van der Waals surface area (Å²) in [6.45, 7) is 0. The van der Waals surface area contributed by atoms with Crippen LogP contribution in [0.4, 0.5) is 0 Å². The number of nitrogens with zero attached hydrogens (tertiary/aromatic N) is 1. The highest BCUT2D eigenvalue weighted by Crippen LogP contribution is 2.40. The quantitative estimate of drug-likeness (QED) is 0.884. The molecule has 2 rings (SSSR count). The second-order valence-electron chi connectivity index (χ2n) is 3.85. The Kier molecular flexibility index (Phi) is 3.01. The molecule has 1 saturated carbocycles. The van der Waals surface area contributed by atoms with Crippen molar-refractivity contribution in [3.8, 4) is 5.88 Å². The van der Waals surface area contributed by atoms with E-state index in [2.05, 4.69) is 4.98 Å². The van der Waals surface area contributed by atoms with E-state index < -0.39 is 5.97 Å². The van der Waals surface area contributed by atoms with Crippen LogP contribution < -0.4 is 4.74 Å². The summed E-state index contributed by atoms with van der Waals surface area (Å²) in [5.41, 5.74) is 0.788. The van der Waals surface area contributed by atoms with Crippen molar-refractivity contribution in [2.45, 2.75) is 25.2 Å². The minimum Gasteiger partial charge on any atom is -0.480 e. The number of carbonyl (C=O) groups is 1. The van der Waals surface area contributed by atoms with Crippen LogP contribution in [-0.2, 0) is 0 Å². The molecule has 1 aliphatic carbocycles. The zero-order valence-corrected chi connectivity index (χ0v) is 9.62. The summed E-state index contributed by atoms with van der Waals surface area (Å²) in [5.74, 6) is -0.582. The van der Waals surface area contributed by atoms with Gasteiger partial charge in [-0.15, -0.1) is 0 Å². The number of pyridine rings is 1. The van der Waals surface area contributed by atoms with Crippen LogP contribution in [0.5, 0.6) is 5.88 Å². The van der Waals surface area contributed by atoms with E-state index in [1.165, 1.54) is 7.11 Å². The van der Waals surface area contributed by atoms with Gasteiger partial charge in [0.15, 0.2) is 5.69 Å². The van der Waals surface area contributed by atoms with Gasteiger partial charge in [-0.25, -0.2) is 9.78 Å². The molecule has 1 heterocycles. The fourth-order valence-electron chi connectivity index (χ4n) is 1.83. The Morgan fingerprint density at radius 3 is 2.75 bits per heavy atom. The van der Waals surface area contributed by atoms with E-state index >= 15 is 0 Å². The zero-order valence-electron chi connectivity index (χ0n) is 8.86. The summed E-state index contributed by atoms with van der Waals surface area (Å²) in [6, 6.07) is 1.67.